The Bertz CT molecular complexity index is 106. The normalized spacial score (nSPS) is 10.8. The van der Waals surface area contributed by atoms with E-state index in [-0.39, 0.29) is 51.4 Å². The quantitative estimate of drug-likeness (QED) is 0.219. The first-order valence-electron chi connectivity index (χ1n) is 1.68. The number of hydrogen-bond acceptors (Lipinski definition) is 5. The fraction of sp³-hybridized carbons (Fsp3) is 0. The van der Waals surface area contributed by atoms with E-state index in [9.17, 15) is 0 Å². The van der Waals surface area contributed by atoms with Crippen LogP contribution >= 0.6 is 0 Å². The number of rotatable bonds is 0. The van der Waals surface area contributed by atoms with Crippen LogP contribution in [0.15, 0.2) is 0 Å². The molecule has 0 amide bonds. The van der Waals surface area contributed by atoms with Crippen LogP contribution in [-0.4, -0.2) is 92.9 Å². The summed E-state index contributed by atoms with van der Waals surface area (Å²) < 4.78 is 60.2. The molecule has 0 aliphatic carbocycles. The first-order valence-corrected chi connectivity index (χ1v) is 7.75. The molecule has 0 aliphatic heterocycles. The second kappa shape index (κ2) is 7.80. The summed E-state index contributed by atoms with van der Waals surface area (Å²) in [5, 5.41) is 0. The van der Waals surface area contributed by atoms with E-state index in [0.29, 0.717) is 0 Å². The summed E-state index contributed by atoms with van der Waals surface area (Å²) in [7, 11) is 0. The second-order valence-electron chi connectivity index (χ2n) is 1.11. The van der Waals surface area contributed by atoms with Crippen LogP contribution in [0.1, 0.15) is 0 Å². The van der Waals surface area contributed by atoms with Crippen molar-refractivity contribution >= 4 is 65.9 Å². The van der Waals surface area contributed by atoms with Crippen molar-refractivity contribution in [3.8, 4) is 0 Å². The van der Waals surface area contributed by atoms with Gasteiger partial charge in [0, 0.05) is 0 Å². The third kappa shape index (κ3) is 229. The van der Waals surface area contributed by atoms with Gasteiger partial charge in [-0.15, -0.1) is 0 Å². The standard InChI is InChI=1S/AsH3O4.K.4H2O.Ti.H/c2-1(3,4)5;;;;;;;/h(H3,2,3,4,5);;4*1H2;;/q;;;;;;+4;/p-4. The van der Waals surface area contributed by atoms with E-state index in [1.165, 1.54) is 0 Å². The zero-order chi connectivity index (χ0) is 9.00. The van der Waals surface area contributed by atoms with Crippen LogP contribution in [0.3, 0.4) is 0 Å². The van der Waals surface area contributed by atoms with Gasteiger partial charge in [-0.2, -0.15) is 0 Å². The summed E-state index contributed by atoms with van der Waals surface area (Å²) >= 11 is -10.1. The SMILES string of the molecule is O=[As](O)(O)O.[KH].[OH][Ti]([OH])([OH])[OH]. The average molecular weight is 298 g/mol. The molecule has 0 bridgehead atoms. The topological polar surface area (TPSA) is 159 Å². The molecule has 0 heterocycles. The maximum atomic E-state index is 8.94. The first kappa shape index (κ1) is 19.1. The van der Waals surface area contributed by atoms with Gasteiger partial charge in [-0.05, 0) is 0 Å². The van der Waals surface area contributed by atoms with Crippen LogP contribution in [0.4, 0.5) is 0 Å². The van der Waals surface area contributed by atoms with Gasteiger partial charge in [-0.3, -0.25) is 0 Å². The summed E-state index contributed by atoms with van der Waals surface area (Å²) in [5.41, 5.74) is 0. The Morgan fingerprint density at radius 1 is 0.909 bits per heavy atom. The summed E-state index contributed by atoms with van der Waals surface area (Å²) in [6.07, 6.45) is 0. The third-order valence-electron chi connectivity index (χ3n) is 0. The Morgan fingerprint density at radius 2 is 0.909 bits per heavy atom. The molecular formula is H8AsKO8Ti. The zero-order valence-corrected chi connectivity index (χ0v) is 7.92. The predicted octanol–water partition coefficient (Wildman–Crippen LogP) is -5.05. The van der Waals surface area contributed by atoms with E-state index in [1.54, 1.807) is 0 Å². The van der Waals surface area contributed by atoms with E-state index in [2.05, 4.69) is 0 Å². The molecule has 0 fully saturated rings. The second-order valence-corrected chi connectivity index (χ2v) is 5.14. The van der Waals surface area contributed by atoms with Crippen LogP contribution in [0.25, 0.3) is 0 Å². The molecule has 0 unspecified atom stereocenters. The molecule has 0 aromatic carbocycles. The van der Waals surface area contributed by atoms with Crippen LogP contribution in [0.5, 0.6) is 0 Å². The Balaban J connectivity index is -0.000000107. The van der Waals surface area contributed by atoms with Gasteiger partial charge in [0.05, 0.1) is 0 Å². The first-order chi connectivity index (χ1) is 4.00. The van der Waals surface area contributed by atoms with E-state index >= 15 is 0 Å². The Kier molecular flexibility index (Phi) is 13.5. The van der Waals surface area contributed by atoms with Gasteiger partial charge in [-0.25, -0.2) is 0 Å². The summed E-state index contributed by atoms with van der Waals surface area (Å²) in [6.45, 7) is 0. The zero-order valence-electron chi connectivity index (χ0n) is 4.49. The molecule has 0 aromatic rings. The van der Waals surface area contributed by atoms with Crippen LogP contribution < -0.4 is 0 Å². The molecule has 11 heavy (non-hydrogen) atoms. The molecule has 0 radical (unpaired) electrons. The number of hydrogen-bond donors (Lipinski definition) is 7. The molecule has 11 heteroatoms. The molecule has 0 aromatic heterocycles. The monoisotopic (exact) mass is 298 g/mol. The van der Waals surface area contributed by atoms with Crippen molar-refractivity contribution in [2.75, 3.05) is 0 Å². The Hall–Kier alpha value is 2.43. The molecule has 0 aliphatic rings. The van der Waals surface area contributed by atoms with E-state index in [0.717, 1.165) is 0 Å². The van der Waals surface area contributed by atoms with E-state index < -0.39 is 32.7 Å². The predicted molar refractivity (Wildman–Crippen MR) is 29.1 cm³/mol. The van der Waals surface area contributed by atoms with Gasteiger partial charge >= 0.3 is 115 Å². The average Bonchev–Trinajstić information content (AvgIpc) is 1.12. The van der Waals surface area contributed by atoms with E-state index in [1.807, 2.05) is 0 Å². The van der Waals surface area contributed by atoms with Crippen molar-refractivity contribution in [3.63, 3.8) is 0 Å². The molecule has 0 rings (SSSR count). The van der Waals surface area contributed by atoms with Gasteiger partial charge in [0.1, 0.15) is 0 Å². The molecule has 0 spiro atoms. The van der Waals surface area contributed by atoms with Crippen LogP contribution in [0, 0.1) is 0 Å². The van der Waals surface area contributed by atoms with Crippen molar-refractivity contribution in [2.45, 2.75) is 0 Å². The Labute approximate surface area is 113 Å². The van der Waals surface area contributed by atoms with Gasteiger partial charge in [-0.1, -0.05) is 0 Å². The summed E-state index contributed by atoms with van der Waals surface area (Å²) in [6, 6.07) is 0. The minimum absolute atomic E-state index is 0. The van der Waals surface area contributed by atoms with Crippen molar-refractivity contribution in [3.05, 3.63) is 0 Å². The third-order valence-corrected chi connectivity index (χ3v) is 0. The fourth-order valence-corrected chi connectivity index (χ4v) is 0. The van der Waals surface area contributed by atoms with Crippen LogP contribution in [0.2, 0.25) is 0 Å². The molecule has 0 saturated heterocycles. The van der Waals surface area contributed by atoms with Crippen molar-refractivity contribution in [2.24, 2.45) is 0 Å². The summed E-state index contributed by atoms with van der Waals surface area (Å²) in [4.78, 5) is 0. The minimum atomic E-state index is -5.12. The molecule has 0 atom stereocenters. The molecule has 66 valence electrons. The van der Waals surface area contributed by atoms with Gasteiger partial charge in [0.2, 0.25) is 0 Å². The van der Waals surface area contributed by atoms with Crippen molar-refractivity contribution in [1.82, 2.24) is 0 Å². The summed E-state index contributed by atoms with van der Waals surface area (Å²) in [5.74, 6) is 0. The molecule has 7 N–H and O–H groups in total. The molecular weight excluding hydrogens is 290 g/mol. The fourth-order valence-electron chi connectivity index (χ4n) is 0. The maximum absolute atomic E-state index is 8.94. The Morgan fingerprint density at radius 3 is 0.909 bits per heavy atom. The molecule has 8 nitrogen and oxygen atoms in total. The van der Waals surface area contributed by atoms with Gasteiger partial charge in [0.15, 0.2) is 0 Å². The molecule has 0 saturated carbocycles. The van der Waals surface area contributed by atoms with Crippen molar-refractivity contribution < 1.29 is 48.9 Å². The van der Waals surface area contributed by atoms with Gasteiger partial charge in [0.25, 0.3) is 0 Å². The van der Waals surface area contributed by atoms with Gasteiger partial charge < -0.3 is 0 Å². The van der Waals surface area contributed by atoms with E-state index in [4.69, 9.17) is 30.8 Å². The van der Waals surface area contributed by atoms with Crippen molar-refractivity contribution in [1.29, 1.82) is 0 Å². The van der Waals surface area contributed by atoms with Crippen LogP contribution in [-0.2, 0) is 21.9 Å².